The van der Waals surface area contributed by atoms with Crippen molar-refractivity contribution in [2.24, 2.45) is 0 Å². The second kappa shape index (κ2) is 8.39. The first-order chi connectivity index (χ1) is 12.6. The Balaban J connectivity index is 1.68. The molecule has 3 aromatic rings. The minimum atomic E-state index is -0.854. The SMILES string of the molecule is CC#C[C@@H](CC(=O)O)c1ccc(OCc2ccc3scc(Br)c3c2)cc1. The molecule has 0 aliphatic rings. The van der Waals surface area contributed by atoms with Crippen LogP contribution in [-0.2, 0) is 11.4 Å². The predicted molar refractivity (Wildman–Crippen MR) is 109 cm³/mol. The van der Waals surface area contributed by atoms with E-state index in [1.54, 1.807) is 18.3 Å². The van der Waals surface area contributed by atoms with E-state index >= 15 is 0 Å². The molecule has 1 atom stereocenters. The number of hydrogen-bond donors (Lipinski definition) is 1. The number of thiophene rings is 1. The molecule has 0 fully saturated rings. The van der Waals surface area contributed by atoms with Crippen LogP contribution < -0.4 is 4.74 Å². The first kappa shape index (κ1) is 18.5. The normalized spacial score (nSPS) is 11.6. The van der Waals surface area contributed by atoms with Crippen LogP contribution in [0.15, 0.2) is 52.3 Å². The number of fused-ring (bicyclic) bond motifs is 1. The van der Waals surface area contributed by atoms with Crippen molar-refractivity contribution >= 4 is 43.3 Å². The van der Waals surface area contributed by atoms with Gasteiger partial charge in [-0.05, 0) is 58.2 Å². The summed E-state index contributed by atoms with van der Waals surface area (Å²) in [5, 5.41) is 12.3. The second-order valence-corrected chi connectivity index (χ2v) is 7.58. The van der Waals surface area contributed by atoms with Gasteiger partial charge >= 0.3 is 5.97 Å². The molecule has 132 valence electrons. The Morgan fingerprint density at radius 2 is 2.04 bits per heavy atom. The average molecular weight is 429 g/mol. The summed E-state index contributed by atoms with van der Waals surface area (Å²) in [6.45, 7) is 2.19. The molecule has 1 N–H and O–H groups in total. The van der Waals surface area contributed by atoms with E-state index in [0.717, 1.165) is 21.3 Å². The molecule has 0 aliphatic carbocycles. The van der Waals surface area contributed by atoms with E-state index in [1.807, 2.05) is 24.3 Å². The van der Waals surface area contributed by atoms with Gasteiger partial charge in [0.2, 0.25) is 0 Å². The Labute approximate surface area is 164 Å². The summed E-state index contributed by atoms with van der Waals surface area (Å²) >= 11 is 5.27. The molecule has 0 radical (unpaired) electrons. The number of rotatable bonds is 6. The molecule has 0 saturated carbocycles. The van der Waals surface area contributed by atoms with Gasteiger partial charge in [0.1, 0.15) is 12.4 Å². The van der Waals surface area contributed by atoms with Crippen molar-refractivity contribution in [1.29, 1.82) is 0 Å². The van der Waals surface area contributed by atoms with Crippen molar-refractivity contribution in [3.8, 4) is 17.6 Å². The molecular formula is C21H17BrO3S. The molecular weight excluding hydrogens is 412 g/mol. The minimum absolute atomic E-state index is 0.00340. The van der Waals surface area contributed by atoms with Crippen molar-refractivity contribution in [3.05, 3.63) is 63.4 Å². The Morgan fingerprint density at radius 1 is 1.27 bits per heavy atom. The molecule has 1 heterocycles. The fourth-order valence-corrected chi connectivity index (χ4v) is 4.24. The number of aliphatic carboxylic acids is 1. The van der Waals surface area contributed by atoms with E-state index in [4.69, 9.17) is 9.84 Å². The van der Waals surface area contributed by atoms with Crippen LogP contribution in [0.2, 0.25) is 0 Å². The molecule has 0 bridgehead atoms. The number of carboxylic acids is 1. The fraction of sp³-hybridized carbons (Fsp3) is 0.190. The van der Waals surface area contributed by atoms with Crippen LogP contribution in [0.25, 0.3) is 10.1 Å². The van der Waals surface area contributed by atoms with Crippen molar-refractivity contribution in [2.75, 3.05) is 0 Å². The van der Waals surface area contributed by atoms with E-state index in [2.05, 4.69) is 51.3 Å². The Kier molecular flexibility index (Phi) is 5.97. The van der Waals surface area contributed by atoms with Gasteiger partial charge in [0.05, 0.1) is 12.3 Å². The Hall–Kier alpha value is -2.29. The smallest absolute Gasteiger partial charge is 0.304 e. The van der Waals surface area contributed by atoms with Gasteiger partial charge in [-0.25, -0.2) is 0 Å². The van der Waals surface area contributed by atoms with Gasteiger partial charge in [-0.2, -0.15) is 0 Å². The van der Waals surface area contributed by atoms with Crippen molar-refractivity contribution in [1.82, 2.24) is 0 Å². The number of carbonyl (C=O) groups is 1. The third-order valence-electron chi connectivity index (χ3n) is 3.98. The molecule has 0 unspecified atom stereocenters. The summed E-state index contributed by atoms with van der Waals surface area (Å²) in [7, 11) is 0. The molecule has 0 aliphatic heterocycles. The van der Waals surface area contributed by atoms with Gasteiger partial charge in [0.15, 0.2) is 0 Å². The molecule has 26 heavy (non-hydrogen) atoms. The molecule has 3 rings (SSSR count). The summed E-state index contributed by atoms with van der Waals surface area (Å²) in [5.41, 5.74) is 1.99. The quantitative estimate of drug-likeness (QED) is 0.502. The monoisotopic (exact) mass is 428 g/mol. The highest BCUT2D eigenvalue weighted by atomic mass is 79.9. The van der Waals surface area contributed by atoms with E-state index < -0.39 is 5.97 Å². The summed E-state index contributed by atoms with van der Waals surface area (Å²) < 4.78 is 8.21. The lowest BCUT2D eigenvalue weighted by molar-refractivity contribution is -0.137. The van der Waals surface area contributed by atoms with Crippen molar-refractivity contribution in [3.63, 3.8) is 0 Å². The Bertz CT molecular complexity index is 980. The number of halogens is 1. The largest absolute Gasteiger partial charge is 0.489 e. The lowest BCUT2D eigenvalue weighted by Crippen LogP contribution is -2.04. The molecule has 0 amide bonds. The highest BCUT2D eigenvalue weighted by Crippen LogP contribution is 2.31. The van der Waals surface area contributed by atoms with Crippen molar-refractivity contribution in [2.45, 2.75) is 25.9 Å². The maximum atomic E-state index is 11.0. The zero-order valence-electron chi connectivity index (χ0n) is 14.2. The van der Waals surface area contributed by atoms with Crippen LogP contribution in [0.4, 0.5) is 0 Å². The number of ether oxygens (including phenoxy) is 1. The first-order valence-corrected chi connectivity index (χ1v) is 9.76. The maximum absolute atomic E-state index is 11.0. The van der Waals surface area contributed by atoms with Gasteiger partial charge in [0, 0.05) is 19.9 Å². The number of carboxylic acid groups (broad SMARTS) is 1. The fourth-order valence-electron chi connectivity index (χ4n) is 2.70. The summed E-state index contributed by atoms with van der Waals surface area (Å²) in [6.07, 6.45) is -0.00340. The number of benzene rings is 2. The number of hydrogen-bond acceptors (Lipinski definition) is 3. The van der Waals surface area contributed by atoms with Gasteiger partial charge in [-0.1, -0.05) is 24.1 Å². The van der Waals surface area contributed by atoms with E-state index in [0.29, 0.717) is 6.61 Å². The minimum Gasteiger partial charge on any atom is -0.489 e. The summed E-state index contributed by atoms with van der Waals surface area (Å²) in [6, 6.07) is 13.8. The first-order valence-electron chi connectivity index (χ1n) is 8.09. The van der Waals surface area contributed by atoms with E-state index in [9.17, 15) is 4.79 Å². The van der Waals surface area contributed by atoms with Crippen LogP contribution in [0.1, 0.15) is 30.4 Å². The zero-order valence-corrected chi connectivity index (χ0v) is 16.6. The highest BCUT2D eigenvalue weighted by Gasteiger charge is 2.13. The molecule has 3 nitrogen and oxygen atoms in total. The molecule has 2 aromatic carbocycles. The standard InChI is InChI=1S/C21H17BrO3S/c1-2-3-16(11-21(23)24)15-5-7-17(8-6-15)25-12-14-4-9-20-18(10-14)19(22)13-26-20/h4-10,13,16H,11-12H2,1H3,(H,23,24)/t16-/m0/s1. The van der Waals surface area contributed by atoms with E-state index in [-0.39, 0.29) is 12.3 Å². The molecule has 0 spiro atoms. The zero-order chi connectivity index (χ0) is 18.5. The molecule has 1 aromatic heterocycles. The third-order valence-corrected chi connectivity index (χ3v) is 5.90. The van der Waals surface area contributed by atoms with Gasteiger partial charge in [-0.15, -0.1) is 17.3 Å². The van der Waals surface area contributed by atoms with Crippen LogP contribution in [0.5, 0.6) is 5.75 Å². The van der Waals surface area contributed by atoms with Crippen LogP contribution in [0.3, 0.4) is 0 Å². The topological polar surface area (TPSA) is 46.5 Å². The van der Waals surface area contributed by atoms with Gasteiger partial charge in [0.25, 0.3) is 0 Å². The Morgan fingerprint density at radius 3 is 2.73 bits per heavy atom. The van der Waals surface area contributed by atoms with Gasteiger partial charge < -0.3 is 9.84 Å². The predicted octanol–water partition coefficient (Wildman–Crippen LogP) is 5.82. The molecule has 5 heteroatoms. The van der Waals surface area contributed by atoms with E-state index in [1.165, 1.54) is 10.1 Å². The lowest BCUT2D eigenvalue weighted by Gasteiger charge is -2.11. The summed E-state index contributed by atoms with van der Waals surface area (Å²) in [5.74, 6) is 5.35. The van der Waals surface area contributed by atoms with Crippen LogP contribution in [-0.4, -0.2) is 11.1 Å². The highest BCUT2D eigenvalue weighted by molar-refractivity contribution is 9.10. The van der Waals surface area contributed by atoms with Crippen LogP contribution in [0, 0.1) is 11.8 Å². The lowest BCUT2D eigenvalue weighted by atomic mass is 9.96. The average Bonchev–Trinajstić information content (AvgIpc) is 3.00. The second-order valence-electron chi connectivity index (χ2n) is 5.82. The van der Waals surface area contributed by atoms with Crippen LogP contribution >= 0.6 is 27.3 Å². The summed E-state index contributed by atoms with van der Waals surface area (Å²) in [4.78, 5) is 11.0. The molecule has 0 saturated heterocycles. The van der Waals surface area contributed by atoms with Crippen molar-refractivity contribution < 1.29 is 14.6 Å². The third kappa shape index (κ3) is 4.46. The van der Waals surface area contributed by atoms with Gasteiger partial charge in [-0.3, -0.25) is 4.79 Å². The maximum Gasteiger partial charge on any atom is 0.304 e.